The average molecular weight is 229 g/mol. The number of hydrogen-bond acceptors (Lipinski definition) is 3. The van der Waals surface area contributed by atoms with Crippen LogP contribution in [0.15, 0.2) is 18.2 Å². The van der Waals surface area contributed by atoms with Crippen molar-refractivity contribution < 1.29 is 4.39 Å². The van der Waals surface area contributed by atoms with Gasteiger partial charge in [-0.15, -0.1) is 0 Å². The summed E-state index contributed by atoms with van der Waals surface area (Å²) in [5.74, 6) is -0.575. The van der Waals surface area contributed by atoms with Crippen LogP contribution < -0.4 is 5.32 Å². The van der Waals surface area contributed by atoms with Gasteiger partial charge in [0.05, 0.1) is 17.7 Å². The second-order valence-corrected chi connectivity index (χ2v) is 4.19. The zero-order valence-electron chi connectivity index (χ0n) is 9.28. The molecule has 0 aliphatic heterocycles. The number of anilines is 1. The Hall–Kier alpha value is -2.07. The van der Waals surface area contributed by atoms with Gasteiger partial charge in [0, 0.05) is 6.04 Å². The third-order valence-electron chi connectivity index (χ3n) is 3.15. The molecule has 0 saturated heterocycles. The van der Waals surface area contributed by atoms with Crippen molar-refractivity contribution in [3.05, 3.63) is 29.6 Å². The summed E-state index contributed by atoms with van der Waals surface area (Å²) >= 11 is 0. The molecule has 86 valence electrons. The van der Waals surface area contributed by atoms with E-state index in [-0.39, 0.29) is 17.5 Å². The van der Waals surface area contributed by atoms with Crippen LogP contribution in [-0.2, 0) is 0 Å². The van der Waals surface area contributed by atoms with Gasteiger partial charge in [0.15, 0.2) is 0 Å². The largest absolute Gasteiger partial charge is 0.380 e. The maximum absolute atomic E-state index is 13.4. The fourth-order valence-electron chi connectivity index (χ4n) is 2.25. The fourth-order valence-corrected chi connectivity index (χ4v) is 2.25. The van der Waals surface area contributed by atoms with Crippen molar-refractivity contribution in [2.75, 3.05) is 5.32 Å². The lowest BCUT2D eigenvalue weighted by atomic mass is 10.0. The van der Waals surface area contributed by atoms with E-state index in [0.717, 1.165) is 19.3 Å². The molecule has 1 aliphatic carbocycles. The van der Waals surface area contributed by atoms with Crippen LogP contribution in [0.1, 0.15) is 24.8 Å². The molecular weight excluding hydrogens is 217 g/mol. The van der Waals surface area contributed by atoms with Crippen LogP contribution in [0.3, 0.4) is 0 Å². The number of halogens is 1. The summed E-state index contributed by atoms with van der Waals surface area (Å²) in [7, 11) is 0. The standard InChI is InChI=1S/C13H12FN3/c14-11-4-2-6-13(10(11)8-16)17-12-5-1-3-9(12)7-15/h2,4,6,9,12,17H,1,3,5H2. The maximum Gasteiger partial charge on any atom is 0.143 e. The zero-order valence-corrected chi connectivity index (χ0v) is 9.28. The van der Waals surface area contributed by atoms with E-state index in [1.165, 1.54) is 6.07 Å². The van der Waals surface area contributed by atoms with E-state index < -0.39 is 5.82 Å². The first kappa shape index (κ1) is 11.4. The smallest absolute Gasteiger partial charge is 0.143 e. The highest BCUT2D eigenvalue weighted by Gasteiger charge is 2.27. The van der Waals surface area contributed by atoms with Crippen LogP contribution in [0.25, 0.3) is 0 Å². The van der Waals surface area contributed by atoms with Crippen molar-refractivity contribution in [1.82, 2.24) is 0 Å². The van der Waals surface area contributed by atoms with Gasteiger partial charge in [0.2, 0.25) is 0 Å². The molecule has 0 heterocycles. The highest BCUT2D eigenvalue weighted by Crippen LogP contribution is 2.29. The predicted molar refractivity (Wildman–Crippen MR) is 61.5 cm³/mol. The Labute approximate surface area is 99.5 Å². The van der Waals surface area contributed by atoms with Crippen LogP contribution in [0.2, 0.25) is 0 Å². The van der Waals surface area contributed by atoms with Gasteiger partial charge in [-0.1, -0.05) is 6.07 Å². The number of benzene rings is 1. The lowest BCUT2D eigenvalue weighted by Gasteiger charge is -2.17. The molecule has 17 heavy (non-hydrogen) atoms. The van der Waals surface area contributed by atoms with Gasteiger partial charge in [-0.25, -0.2) is 4.39 Å². The highest BCUT2D eigenvalue weighted by atomic mass is 19.1. The van der Waals surface area contributed by atoms with E-state index in [4.69, 9.17) is 10.5 Å². The molecule has 1 saturated carbocycles. The van der Waals surface area contributed by atoms with Crippen LogP contribution >= 0.6 is 0 Å². The van der Waals surface area contributed by atoms with Gasteiger partial charge in [0.25, 0.3) is 0 Å². The molecule has 1 aromatic carbocycles. The number of hydrogen-bond donors (Lipinski definition) is 1. The Morgan fingerprint density at radius 3 is 2.82 bits per heavy atom. The molecule has 0 bridgehead atoms. The summed E-state index contributed by atoms with van der Waals surface area (Å²) in [6.07, 6.45) is 2.75. The summed E-state index contributed by atoms with van der Waals surface area (Å²) in [6.45, 7) is 0. The SMILES string of the molecule is N#Cc1c(F)cccc1NC1CCCC1C#N. The van der Waals surface area contributed by atoms with Crippen LogP contribution in [0.4, 0.5) is 10.1 Å². The lowest BCUT2D eigenvalue weighted by molar-refractivity contribution is 0.616. The first-order valence-corrected chi connectivity index (χ1v) is 5.61. The van der Waals surface area contributed by atoms with E-state index in [0.29, 0.717) is 5.69 Å². The molecule has 1 fully saturated rings. The van der Waals surface area contributed by atoms with Crippen molar-refractivity contribution in [2.45, 2.75) is 25.3 Å². The quantitative estimate of drug-likeness (QED) is 0.848. The van der Waals surface area contributed by atoms with Crippen LogP contribution in [-0.4, -0.2) is 6.04 Å². The predicted octanol–water partition coefficient (Wildman–Crippen LogP) is 2.80. The van der Waals surface area contributed by atoms with Gasteiger partial charge < -0.3 is 5.32 Å². The van der Waals surface area contributed by atoms with Gasteiger partial charge in [-0.05, 0) is 31.4 Å². The number of nitrogens with one attached hydrogen (secondary N) is 1. The van der Waals surface area contributed by atoms with E-state index in [1.54, 1.807) is 12.1 Å². The maximum atomic E-state index is 13.4. The molecular formula is C13H12FN3. The van der Waals surface area contributed by atoms with Gasteiger partial charge in [-0.2, -0.15) is 10.5 Å². The molecule has 2 rings (SSSR count). The molecule has 1 N–H and O–H groups in total. The molecule has 0 spiro atoms. The third kappa shape index (κ3) is 2.21. The van der Waals surface area contributed by atoms with Crippen molar-refractivity contribution in [3.8, 4) is 12.1 Å². The second kappa shape index (κ2) is 4.84. The minimum atomic E-state index is -0.524. The molecule has 0 aromatic heterocycles. The Morgan fingerprint density at radius 2 is 2.12 bits per heavy atom. The van der Waals surface area contributed by atoms with E-state index >= 15 is 0 Å². The second-order valence-electron chi connectivity index (χ2n) is 4.19. The van der Waals surface area contributed by atoms with Crippen molar-refractivity contribution in [2.24, 2.45) is 5.92 Å². The molecule has 3 nitrogen and oxygen atoms in total. The first-order chi connectivity index (χ1) is 8.26. The Kier molecular flexibility index (Phi) is 3.25. The molecule has 4 heteroatoms. The summed E-state index contributed by atoms with van der Waals surface area (Å²) in [5.41, 5.74) is 0.510. The average Bonchev–Trinajstić information content (AvgIpc) is 2.77. The number of nitriles is 2. The summed E-state index contributed by atoms with van der Waals surface area (Å²) < 4.78 is 13.4. The summed E-state index contributed by atoms with van der Waals surface area (Å²) in [5, 5.41) is 21.0. The lowest BCUT2D eigenvalue weighted by Crippen LogP contribution is -2.23. The van der Waals surface area contributed by atoms with Gasteiger partial charge in [-0.3, -0.25) is 0 Å². The Morgan fingerprint density at radius 1 is 1.29 bits per heavy atom. The number of nitrogens with zero attached hydrogens (tertiary/aromatic N) is 2. The third-order valence-corrected chi connectivity index (χ3v) is 3.15. The number of rotatable bonds is 2. The molecule has 1 aliphatic rings. The van der Waals surface area contributed by atoms with Crippen molar-refractivity contribution in [3.63, 3.8) is 0 Å². The molecule has 0 amide bonds. The molecule has 0 radical (unpaired) electrons. The Balaban J connectivity index is 2.23. The van der Waals surface area contributed by atoms with Crippen molar-refractivity contribution in [1.29, 1.82) is 10.5 Å². The van der Waals surface area contributed by atoms with Crippen molar-refractivity contribution >= 4 is 5.69 Å². The molecule has 2 unspecified atom stereocenters. The zero-order chi connectivity index (χ0) is 12.3. The van der Waals surface area contributed by atoms with Crippen LogP contribution in [0, 0.1) is 34.4 Å². The fraction of sp³-hybridized carbons (Fsp3) is 0.385. The first-order valence-electron chi connectivity index (χ1n) is 5.61. The minimum absolute atomic E-state index is 0.0221. The van der Waals surface area contributed by atoms with E-state index in [2.05, 4.69) is 11.4 Å². The van der Waals surface area contributed by atoms with E-state index in [9.17, 15) is 4.39 Å². The van der Waals surface area contributed by atoms with Gasteiger partial charge >= 0.3 is 0 Å². The monoisotopic (exact) mass is 229 g/mol. The van der Waals surface area contributed by atoms with Gasteiger partial charge in [0.1, 0.15) is 17.4 Å². The minimum Gasteiger partial charge on any atom is -0.380 e. The normalized spacial score (nSPS) is 22.8. The van der Waals surface area contributed by atoms with E-state index in [1.807, 2.05) is 6.07 Å². The Bertz CT molecular complexity index is 498. The molecule has 1 aromatic rings. The van der Waals surface area contributed by atoms with Crippen LogP contribution in [0.5, 0.6) is 0 Å². The highest BCUT2D eigenvalue weighted by molar-refractivity contribution is 5.58. The summed E-state index contributed by atoms with van der Waals surface area (Å²) in [6, 6.07) is 8.62. The summed E-state index contributed by atoms with van der Waals surface area (Å²) in [4.78, 5) is 0. The molecule has 2 atom stereocenters. The topological polar surface area (TPSA) is 59.6 Å².